The lowest BCUT2D eigenvalue weighted by atomic mass is 9.86. The highest BCUT2D eigenvalue weighted by Gasteiger charge is 2.50. The minimum Gasteiger partial charge on any atom is -0.342 e. The summed E-state index contributed by atoms with van der Waals surface area (Å²) in [6.07, 6.45) is 3.64. The largest absolute Gasteiger partial charge is 0.342 e. The molecule has 1 spiro atoms. The quantitative estimate of drug-likeness (QED) is 0.841. The Morgan fingerprint density at radius 1 is 1.23 bits per heavy atom. The maximum Gasteiger partial charge on any atom is 0.227 e. The molecule has 2 saturated heterocycles. The number of nitrogens with zero attached hydrogens (tertiary/aromatic N) is 2. The number of para-hydroxylation sites is 1. The molecule has 0 radical (unpaired) electrons. The van der Waals surface area contributed by atoms with E-state index in [1.165, 1.54) is 0 Å². The van der Waals surface area contributed by atoms with Crippen LogP contribution in [0.4, 0.5) is 5.69 Å². The van der Waals surface area contributed by atoms with Crippen molar-refractivity contribution in [2.75, 3.05) is 24.5 Å². The van der Waals surface area contributed by atoms with Crippen LogP contribution in [0.5, 0.6) is 0 Å². The highest BCUT2D eigenvalue weighted by molar-refractivity contribution is 5.97. The Bertz CT molecular complexity index is 638. The molecule has 1 aromatic rings. The fourth-order valence-corrected chi connectivity index (χ4v) is 3.97. The summed E-state index contributed by atoms with van der Waals surface area (Å²) in [5.41, 5.74) is 2.14. The van der Waals surface area contributed by atoms with E-state index < -0.39 is 0 Å². The topological polar surface area (TPSA) is 40.6 Å². The number of benzene rings is 1. The number of hydrogen-bond acceptors (Lipinski definition) is 2. The van der Waals surface area contributed by atoms with Crippen LogP contribution in [0.1, 0.15) is 31.2 Å². The number of hydrogen-bond donors (Lipinski definition) is 0. The van der Waals surface area contributed by atoms with E-state index in [1.54, 1.807) is 0 Å². The van der Waals surface area contributed by atoms with E-state index in [4.69, 9.17) is 0 Å². The third-order valence-corrected chi connectivity index (χ3v) is 5.40. The van der Waals surface area contributed by atoms with Crippen LogP contribution < -0.4 is 4.90 Å². The molecule has 3 fully saturated rings. The Labute approximate surface area is 131 Å². The zero-order valence-electron chi connectivity index (χ0n) is 13.0. The van der Waals surface area contributed by atoms with Crippen LogP contribution in [0.2, 0.25) is 0 Å². The lowest BCUT2D eigenvalue weighted by Crippen LogP contribution is -2.35. The predicted octanol–water partition coefficient (Wildman–Crippen LogP) is 2.36. The average Bonchev–Trinajstić information content (AvgIpc) is 3.20. The third-order valence-electron chi connectivity index (χ3n) is 5.40. The Morgan fingerprint density at radius 3 is 2.73 bits per heavy atom. The van der Waals surface area contributed by atoms with E-state index in [-0.39, 0.29) is 17.2 Å². The normalized spacial score (nSPS) is 28.0. The van der Waals surface area contributed by atoms with Gasteiger partial charge in [-0.25, -0.2) is 0 Å². The number of likely N-dealkylation sites (tertiary alicyclic amines) is 1. The zero-order chi connectivity index (χ0) is 15.3. The number of carbonyl (C=O) groups is 2. The molecule has 0 unspecified atom stereocenters. The minimum atomic E-state index is -0.0239. The number of aryl methyl sites for hydroxylation is 1. The molecule has 2 amide bonds. The van der Waals surface area contributed by atoms with Gasteiger partial charge < -0.3 is 9.80 Å². The van der Waals surface area contributed by atoms with Crippen molar-refractivity contribution >= 4 is 17.5 Å². The van der Waals surface area contributed by atoms with E-state index in [1.807, 2.05) is 41.0 Å². The van der Waals surface area contributed by atoms with Gasteiger partial charge >= 0.3 is 0 Å². The van der Waals surface area contributed by atoms with Crippen molar-refractivity contribution in [3.05, 3.63) is 29.8 Å². The summed E-state index contributed by atoms with van der Waals surface area (Å²) in [6, 6.07) is 8.05. The summed E-state index contributed by atoms with van der Waals surface area (Å²) in [4.78, 5) is 28.7. The van der Waals surface area contributed by atoms with Gasteiger partial charge in [0.15, 0.2) is 0 Å². The standard InChI is InChI=1S/C18H22N2O2/c1-13-4-2-3-5-15(13)20-12-18(10-16(20)21)8-9-19(11-18)17(22)14-6-7-14/h2-5,14H,6-12H2,1H3/t18-/m1/s1. The molecule has 22 heavy (non-hydrogen) atoms. The average molecular weight is 298 g/mol. The molecule has 4 rings (SSSR count). The second kappa shape index (κ2) is 4.83. The van der Waals surface area contributed by atoms with Gasteiger partial charge in [-0.15, -0.1) is 0 Å². The van der Waals surface area contributed by atoms with Gasteiger partial charge in [-0.05, 0) is 37.8 Å². The summed E-state index contributed by atoms with van der Waals surface area (Å²) in [6.45, 7) is 4.39. The second-order valence-electron chi connectivity index (χ2n) is 7.23. The monoisotopic (exact) mass is 298 g/mol. The summed E-state index contributed by atoms with van der Waals surface area (Å²) >= 11 is 0. The third kappa shape index (κ3) is 2.21. The van der Waals surface area contributed by atoms with Gasteiger partial charge in [0.2, 0.25) is 11.8 Å². The van der Waals surface area contributed by atoms with Crippen LogP contribution >= 0.6 is 0 Å². The van der Waals surface area contributed by atoms with Gasteiger partial charge in [0, 0.05) is 43.1 Å². The molecule has 0 aromatic heterocycles. The van der Waals surface area contributed by atoms with Gasteiger partial charge in [-0.2, -0.15) is 0 Å². The summed E-state index contributed by atoms with van der Waals surface area (Å²) in [5, 5.41) is 0. The Morgan fingerprint density at radius 2 is 2.00 bits per heavy atom. The lowest BCUT2D eigenvalue weighted by Gasteiger charge is -2.25. The minimum absolute atomic E-state index is 0.0239. The molecular weight excluding hydrogens is 276 g/mol. The molecule has 1 atom stereocenters. The lowest BCUT2D eigenvalue weighted by molar-refractivity contribution is -0.132. The highest BCUT2D eigenvalue weighted by Crippen LogP contribution is 2.44. The first-order valence-corrected chi connectivity index (χ1v) is 8.23. The first kappa shape index (κ1) is 13.8. The number of carbonyl (C=O) groups excluding carboxylic acids is 2. The highest BCUT2D eigenvalue weighted by atomic mass is 16.2. The van der Waals surface area contributed by atoms with Crippen molar-refractivity contribution in [2.45, 2.75) is 32.6 Å². The van der Waals surface area contributed by atoms with Crippen molar-refractivity contribution in [3.8, 4) is 0 Å². The number of anilines is 1. The van der Waals surface area contributed by atoms with Crippen molar-refractivity contribution in [3.63, 3.8) is 0 Å². The molecule has 0 N–H and O–H groups in total. The van der Waals surface area contributed by atoms with Crippen LogP contribution in [0.3, 0.4) is 0 Å². The Kier molecular flexibility index (Phi) is 3.03. The van der Waals surface area contributed by atoms with E-state index in [0.29, 0.717) is 12.3 Å². The molecule has 3 aliphatic rings. The molecule has 1 saturated carbocycles. The maximum absolute atomic E-state index is 12.5. The maximum atomic E-state index is 12.5. The molecule has 4 nitrogen and oxygen atoms in total. The first-order valence-electron chi connectivity index (χ1n) is 8.23. The van der Waals surface area contributed by atoms with Gasteiger partial charge in [-0.3, -0.25) is 9.59 Å². The van der Waals surface area contributed by atoms with Crippen molar-refractivity contribution in [1.29, 1.82) is 0 Å². The number of amides is 2. The molecule has 1 aromatic carbocycles. The molecule has 4 heteroatoms. The SMILES string of the molecule is Cc1ccccc1N1C[C@]2(CCN(C(=O)C3CC3)C2)CC1=O. The summed E-state index contributed by atoms with van der Waals surface area (Å²) in [7, 11) is 0. The van der Waals surface area contributed by atoms with Crippen molar-refractivity contribution in [1.82, 2.24) is 4.90 Å². The summed E-state index contributed by atoms with van der Waals surface area (Å²) in [5.74, 6) is 0.799. The van der Waals surface area contributed by atoms with Gasteiger partial charge in [0.25, 0.3) is 0 Å². The smallest absolute Gasteiger partial charge is 0.227 e. The van der Waals surface area contributed by atoms with Gasteiger partial charge in [0.05, 0.1) is 0 Å². The molecular formula is C18H22N2O2. The second-order valence-corrected chi connectivity index (χ2v) is 7.23. The van der Waals surface area contributed by atoms with Crippen LogP contribution in [-0.4, -0.2) is 36.3 Å². The Hall–Kier alpha value is -1.84. The van der Waals surface area contributed by atoms with E-state index in [2.05, 4.69) is 0 Å². The molecule has 1 aliphatic carbocycles. The van der Waals surface area contributed by atoms with Gasteiger partial charge in [0.1, 0.15) is 0 Å². The van der Waals surface area contributed by atoms with Crippen LogP contribution in [-0.2, 0) is 9.59 Å². The zero-order valence-corrected chi connectivity index (χ0v) is 13.0. The number of rotatable bonds is 2. The molecule has 116 valence electrons. The van der Waals surface area contributed by atoms with Crippen molar-refractivity contribution in [2.24, 2.45) is 11.3 Å². The van der Waals surface area contributed by atoms with Crippen LogP contribution in [0, 0.1) is 18.3 Å². The van der Waals surface area contributed by atoms with Crippen LogP contribution in [0.15, 0.2) is 24.3 Å². The first-order chi connectivity index (χ1) is 10.6. The van der Waals surface area contributed by atoms with E-state index >= 15 is 0 Å². The predicted molar refractivity (Wildman–Crippen MR) is 84.5 cm³/mol. The molecule has 2 aliphatic heterocycles. The van der Waals surface area contributed by atoms with E-state index in [9.17, 15) is 9.59 Å². The fraction of sp³-hybridized carbons (Fsp3) is 0.556. The molecule has 0 bridgehead atoms. The summed E-state index contributed by atoms with van der Waals surface area (Å²) < 4.78 is 0. The van der Waals surface area contributed by atoms with Crippen LogP contribution in [0.25, 0.3) is 0 Å². The fourth-order valence-electron chi connectivity index (χ4n) is 3.97. The molecule has 2 heterocycles. The van der Waals surface area contributed by atoms with Crippen molar-refractivity contribution < 1.29 is 9.59 Å². The Balaban J connectivity index is 1.52. The van der Waals surface area contributed by atoms with E-state index in [0.717, 1.165) is 50.1 Å². The van der Waals surface area contributed by atoms with Gasteiger partial charge in [-0.1, -0.05) is 18.2 Å².